The number of halogens is 2. The molecule has 1 N–H and O–H groups in total. The number of methoxy groups -OCH3 is 1. The van der Waals surface area contributed by atoms with Crippen molar-refractivity contribution in [3.63, 3.8) is 0 Å². The molecule has 0 spiro atoms. The Bertz CT molecular complexity index is 553. The molecule has 0 aliphatic rings. The minimum Gasteiger partial charge on any atom is -0.504 e. The lowest BCUT2D eigenvalue weighted by atomic mass is 10.0. The average molecular weight is 236 g/mol. The molecular formula is C13H10F2O2. The maximum atomic E-state index is 13.5. The van der Waals surface area contributed by atoms with Gasteiger partial charge in [0, 0.05) is 5.56 Å². The number of hydrogen-bond donors (Lipinski definition) is 1. The Labute approximate surface area is 97.1 Å². The van der Waals surface area contributed by atoms with Gasteiger partial charge in [-0.2, -0.15) is 0 Å². The van der Waals surface area contributed by atoms with E-state index < -0.39 is 11.6 Å². The molecule has 17 heavy (non-hydrogen) atoms. The summed E-state index contributed by atoms with van der Waals surface area (Å²) in [5, 5.41) is 9.41. The number of ether oxygens (including phenoxy) is 1. The van der Waals surface area contributed by atoms with Gasteiger partial charge in [0.2, 0.25) is 0 Å². The fraction of sp³-hybridized carbons (Fsp3) is 0.0769. The second kappa shape index (κ2) is 4.41. The van der Waals surface area contributed by atoms with Gasteiger partial charge in [-0.15, -0.1) is 0 Å². The van der Waals surface area contributed by atoms with Gasteiger partial charge in [0.25, 0.3) is 0 Å². The molecule has 0 aliphatic carbocycles. The zero-order valence-corrected chi connectivity index (χ0v) is 9.08. The first-order valence-electron chi connectivity index (χ1n) is 4.95. The van der Waals surface area contributed by atoms with Gasteiger partial charge in [-0.1, -0.05) is 18.2 Å². The van der Waals surface area contributed by atoms with Crippen LogP contribution < -0.4 is 4.74 Å². The van der Waals surface area contributed by atoms with Crippen LogP contribution in [0, 0.1) is 11.6 Å². The molecule has 2 aromatic rings. The van der Waals surface area contributed by atoms with Gasteiger partial charge in [0.1, 0.15) is 0 Å². The van der Waals surface area contributed by atoms with Gasteiger partial charge < -0.3 is 9.84 Å². The van der Waals surface area contributed by atoms with E-state index in [1.54, 1.807) is 0 Å². The van der Waals surface area contributed by atoms with Crippen molar-refractivity contribution in [3.05, 3.63) is 48.0 Å². The van der Waals surface area contributed by atoms with Crippen molar-refractivity contribution >= 4 is 0 Å². The smallest absolute Gasteiger partial charge is 0.166 e. The van der Waals surface area contributed by atoms with E-state index in [0.29, 0.717) is 5.56 Å². The van der Waals surface area contributed by atoms with Gasteiger partial charge in [0.15, 0.2) is 23.1 Å². The van der Waals surface area contributed by atoms with Crippen molar-refractivity contribution in [3.8, 4) is 22.6 Å². The van der Waals surface area contributed by atoms with Crippen LogP contribution >= 0.6 is 0 Å². The first-order chi connectivity index (χ1) is 8.13. The number of aromatic hydroxyl groups is 1. The summed E-state index contributed by atoms with van der Waals surface area (Å²) in [6.07, 6.45) is 0. The fourth-order valence-corrected chi connectivity index (χ4v) is 1.57. The van der Waals surface area contributed by atoms with Crippen molar-refractivity contribution in [2.24, 2.45) is 0 Å². The molecule has 0 fully saturated rings. The van der Waals surface area contributed by atoms with E-state index in [-0.39, 0.29) is 17.1 Å². The first-order valence-corrected chi connectivity index (χ1v) is 4.95. The molecule has 2 rings (SSSR count). The van der Waals surface area contributed by atoms with E-state index in [0.717, 1.165) is 6.07 Å². The van der Waals surface area contributed by atoms with Crippen molar-refractivity contribution in [2.75, 3.05) is 7.11 Å². The first kappa shape index (κ1) is 11.4. The van der Waals surface area contributed by atoms with Crippen LogP contribution in [0.4, 0.5) is 8.78 Å². The predicted octanol–water partition coefficient (Wildman–Crippen LogP) is 3.35. The molecule has 4 heteroatoms. The highest BCUT2D eigenvalue weighted by Crippen LogP contribution is 2.32. The maximum absolute atomic E-state index is 13.5. The molecule has 0 bridgehead atoms. The van der Waals surface area contributed by atoms with Gasteiger partial charge in [-0.25, -0.2) is 8.78 Å². The number of benzene rings is 2. The molecule has 88 valence electrons. The summed E-state index contributed by atoms with van der Waals surface area (Å²) < 4.78 is 31.5. The predicted molar refractivity (Wildman–Crippen MR) is 60.0 cm³/mol. The zero-order valence-electron chi connectivity index (χ0n) is 9.08. The molecule has 0 saturated heterocycles. The third-order valence-electron chi connectivity index (χ3n) is 2.44. The third-order valence-corrected chi connectivity index (χ3v) is 2.44. The van der Waals surface area contributed by atoms with Gasteiger partial charge in [0.05, 0.1) is 7.11 Å². The van der Waals surface area contributed by atoms with E-state index in [2.05, 4.69) is 0 Å². The zero-order chi connectivity index (χ0) is 12.4. The summed E-state index contributed by atoms with van der Waals surface area (Å²) in [6.45, 7) is 0. The highest BCUT2D eigenvalue weighted by atomic mass is 19.2. The lowest BCUT2D eigenvalue weighted by Crippen LogP contribution is -1.90. The normalized spacial score (nSPS) is 10.3. The third kappa shape index (κ3) is 2.06. The Morgan fingerprint density at radius 1 is 1.12 bits per heavy atom. The Balaban J connectivity index is 2.57. The Hall–Kier alpha value is -2.10. The molecule has 0 saturated carbocycles. The molecule has 0 aliphatic heterocycles. The van der Waals surface area contributed by atoms with Gasteiger partial charge in [-0.3, -0.25) is 0 Å². The largest absolute Gasteiger partial charge is 0.504 e. The summed E-state index contributed by atoms with van der Waals surface area (Å²) in [4.78, 5) is 0. The monoisotopic (exact) mass is 236 g/mol. The highest BCUT2D eigenvalue weighted by molar-refractivity contribution is 5.67. The fourth-order valence-electron chi connectivity index (χ4n) is 1.57. The summed E-state index contributed by atoms with van der Waals surface area (Å²) in [5.74, 6) is -1.66. The molecule has 0 radical (unpaired) electrons. The minimum absolute atomic E-state index is 0.0481. The summed E-state index contributed by atoms with van der Waals surface area (Å²) >= 11 is 0. The van der Waals surface area contributed by atoms with Crippen molar-refractivity contribution in [1.82, 2.24) is 0 Å². The maximum Gasteiger partial charge on any atom is 0.166 e. The highest BCUT2D eigenvalue weighted by Gasteiger charge is 2.11. The van der Waals surface area contributed by atoms with Crippen LogP contribution in [0.3, 0.4) is 0 Å². The summed E-state index contributed by atoms with van der Waals surface area (Å²) in [7, 11) is 1.39. The van der Waals surface area contributed by atoms with Crippen LogP contribution in [-0.2, 0) is 0 Å². The average Bonchev–Trinajstić information content (AvgIpc) is 2.34. The molecule has 2 aromatic carbocycles. The Kier molecular flexibility index (Phi) is 2.95. The second-order valence-corrected chi connectivity index (χ2v) is 3.49. The van der Waals surface area contributed by atoms with E-state index >= 15 is 0 Å². The molecule has 0 atom stereocenters. The van der Waals surface area contributed by atoms with E-state index in [4.69, 9.17) is 4.74 Å². The van der Waals surface area contributed by atoms with Crippen LogP contribution in [0.25, 0.3) is 11.1 Å². The number of rotatable bonds is 2. The molecule has 0 amide bonds. The SMILES string of the molecule is COc1cc(-c2cccc(F)c2F)ccc1O. The minimum atomic E-state index is -0.916. The topological polar surface area (TPSA) is 29.5 Å². The van der Waals surface area contributed by atoms with Gasteiger partial charge >= 0.3 is 0 Å². The van der Waals surface area contributed by atoms with Crippen molar-refractivity contribution < 1.29 is 18.6 Å². The lowest BCUT2D eigenvalue weighted by Gasteiger charge is -2.08. The number of hydrogen-bond acceptors (Lipinski definition) is 2. The standard InChI is InChI=1S/C13H10F2O2/c1-17-12-7-8(5-6-11(12)16)9-3-2-4-10(14)13(9)15/h2-7,16H,1H3. The van der Waals surface area contributed by atoms with Crippen LogP contribution in [0.1, 0.15) is 0 Å². The van der Waals surface area contributed by atoms with Crippen molar-refractivity contribution in [2.45, 2.75) is 0 Å². The van der Waals surface area contributed by atoms with Crippen LogP contribution in [-0.4, -0.2) is 12.2 Å². The van der Waals surface area contributed by atoms with Gasteiger partial charge in [-0.05, 0) is 23.8 Å². The van der Waals surface area contributed by atoms with Crippen LogP contribution in [0.5, 0.6) is 11.5 Å². The molecule has 0 aromatic heterocycles. The molecule has 0 unspecified atom stereocenters. The molecular weight excluding hydrogens is 226 g/mol. The van der Waals surface area contributed by atoms with Crippen LogP contribution in [0.2, 0.25) is 0 Å². The van der Waals surface area contributed by atoms with E-state index in [1.807, 2.05) is 0 Å². The number of phenolic OH excluding ortho intramolecular Hbond substituents is 1. The lowest BCUT2D eigenvalue weighted by molar-refractivity contribution is 0.373. The van der Waals surface area contributed by atoms with E-state index in [9.17, 15) is 13.9 Å². The second-order valence-electron chi connectivity index (χ2n) is 3.49. The summed E-state index contributed by atoms with van der Waals surface area (Å²) in [5.41, 5.74) is 0.569. The van der Waals surface area contributed by atoms with Crippen LogP contribution in [0.15, 0.2) is 36.4 Å². The Morgan fingerprint density at radius 2 is 1.88 bits per heavy atom. The van der Waals surface area contributed by atoms with Crippen molar-refractivity contribution in [1.29, 1.82) is 0 Å². The Morgan fingerprint density at radius 3 is 2.59 bits per heavy atom. The number of phenols is 1. The quantitative estimate of drug-likeness (QED) is 0.866. The summed E-state index contributed by atoms with van der Waals surface area (Å²) in [6, 6.07) is 8.26. The molecule has 0 heterocycles. The molecule has 2 nitrogen and oxygen atoms in total. The van der Waals surface area contributed by atoms with E-state index in [1.165, 1.54) is 37.4 Å².